The van der Waals surface area contributed by atoms with E-state index in [1.54, 1.807) is 18.2 Å². The highest BCUT2D eigenvalue weighted by Gasteiger charge is 2.21. The first-order valence-corrected chi connectivity index (χ1v) is 13.1. The first kappa shape index (κ1) is 30.5. The number of carbonyl (C=O) groups excluding carboxylic acids is 1. The molecule has 0 saturated carbocycles. The van der Waals surface area contributed by atoms with Gasteiger partial charge in [0, 0.05) is 12.0 Å². The number of rotatable bonds is 14. The van der Waals surface area contributed by atoms with Crippen molar-refractivity contribution < 1.29 is 24.9 Å². The molecule has 0 heterocycles. The van der Waals surface area contributed by atoms with Gasteiger partial charge in [-0.1, -0.05) is 53.2 Å². The molecule has 1 unspecified atom stereocenters. The van der Waals surface area contributed by atoms with E-state index in [1.165, 1.54) is 42.0 Å². The predicted molar refractivity (Wildman–Crippen MR) is 156 cm³/mol. The van der Waals surface area contributed by atoms with Gasteiger partial charge in [0.05, 0.1) is 12.7 Å². The van der Waals surface area contributed by atoms with Crippen molar-refractivity contribution in [2.75, 3.05) is 7.11 Å². The summed E-state index contributed by atoms with van der Waals surface area (Å²) in [5.74, 6) is -0.405. The van der Waals surface area contributed by atoms with Crippen LogP contribution in [0, 0.1) is 5.92 Å². The number of benzene rings is 2. The highest BCUT2D eigenvalue weighted by Crippen LogP contribution is 2.29. The Morgan fingerprint density at radius 2 is 1.53 bits per heavy atom. The smallest absolute Gasteiger partial charge is 0.170 e. The second-order valence-electron chi connectivity index (χ2n) is 10.0. The number of hydrogen-bond acceptors (Lipinski definition) is 5. The van der Waals surface area contributed by atoms with E-state index >= 15 is 0 Å². The zero-order valence-corrected chi connectivity index (χ0v) is 23.3. The van der Waals surface area contributed by atoms with Crippen LogP contribution in [0.5, 0.6) is 23.0 Å². The van der Waals surface area contributed by atoms with E-state index in [2.05, 4.69) is 45.9 Å². The van der Waals surface area contributed by atoms with E-state index in [-0.39, 0.29) is 34.5 Å². The molecule has 1 atom stereocenters. The summed E-state index contributed by atoms with van der Waals surface area (Å²) in [4.78, 5) is 13.4. The lowest BCUT2D eigenvalue weighted by atomic mass is 9.89. The maximum absolute atomic E-state index is 13.4. The molecule has 0 bridgehead atoms. The Labute approximate surface area is 227 Å². The van der Waals surface area contributed by atoms with Crippen molar-refractivity contribution in [1.82, 2.24) is 0 Å². The summed E-state index contributed by atoms with van der Waals surface area (Å²) in [5, 5.41) is 29.7. The lowest BCUT2D eigenvalue weighted by Crippen LogP contribution is -2.14. The van der Waals surface area contributed by atoms with Crippen LogP contribution in [0.3, 0.4) is 0 Å². The third kappa shape index (κ3) is 10.3. The summed E-state index contributed by atoms with van der Waals surface area (Å²) in [7, 11) is 1.50. The van der Waals surface area contributed by atoms with Gasteiger partial charge in [-0.25, -0.2) is 0 Å². The molecule has 0 radical (unpaired) electrons. The summed E-state index contributed by atoms with van der Waals surface area (Å²) in [5.41, 5.74) is 5.00. The first-order valence-electron chi connectivity index (χ1n) is 13.1. The lowest BCUT2D eigenvalue weighted by molar-refractivity contribution is 0.0919. The van der Waals surface area contributed by atoms with Gasteiger partial charge in [-0.05, 0) is 96.0 Å². The van der Waals surface area contributed by atoms with Crippen LogP contribution in [-0.2, 0) is 0 Å². The molecule has 2 rings (SSSR count). The number of hydrogen-bond donors (Lipinski definition) is 3. The van der Waals surface area contributed by atoms with E-state index in [9.17, 15) is 20.1 Å². The monoisotopic (exact) mass is 518 g/mol. The standard InChI is InChI=1S/C33H42O5/c1-23(2)9-6-10-24(3)11-7-12-25(4)15-17-27(33(37)29-19-18-28(34)22-31(29)36)14-8-13-26-16-20-30(35)32(21-26)38-5/h8-9,11,13,15-16,18-22,27,34-36H,6-7,10,12,14,17H2,1-5H3/b13-8+,24-11+,25-15+. The van der Waals surface area contributed by atoms with E-state index in [4.69, 9.17) is 4.74 Å². The first-order chi connectivity index (χ1) is 18.1. The van der Waals surface area contributed by atoms with Gasteiger partial charge in [0.15, 0.2) is 17.3 Å². The zero-order valence-electron chi connectivity index (χ0n) is 23.3. The summed E-state index contributed by atoms with van der Waals surface area (Å²) in [6.45, 7) is 8.50. The number of Topliss-reactive ketones (excluding diaryl/α,β-unsaturated/α-hetero) is 1. The van der Waals surface area contributed by atoms with Crippen molar-refractivity contribution in [2.45, 2.75) is 66.2 Å². The molecule has 0 saturated heterocycles. The van der Waals surface area contributed by atoms with Crippen molar-refractivity contribution in [2.24, 2.45) is 5.92 Å². The van der Waals surface area contributed by atoms with Crippen LogP contribution in [0.15, 0.2) is 77.4 Å². The molecule has 204 valence electrons. The molecule has 3 N–H and O–H groups in total. The Kier molecular flexibility index (Phi) is 12.4. The van der Waals surface area contributed by atoms with E-state index in [0.29, 0.717) is 18.6 Å². The van der Waals surface area contributed by atoms with E-state index in [1.807, 2.05) is 12.2 Å². The lowest BCUT2D eigenvalue weighted by Gasteiger charge is -2.14. The Balaban J connectivity index is 2.11. The van der Waals surface area contributed by atoms with Crippen LogP contribution in [0.2, 0.25) is 0 Å². The van der Waals surface area contributed by atoms with E-state index in [0.717, 1.165) is 31.2 Å². The fourth-order valence-corrected chi connectivity index (χ4v) is 4.11. The summed E-state index contributed by atoms with van der Waals surface area (Å²) >= 11 is 0. The Morgan fingerprint density at radius 1 is 0.842 bits per heavy atom. The minimum Gasteiger partial charge on any atom is -0.508 e. The van der Waals surface area contributed by atoms with Crippen LogP contribution in [-0.4, -0.2) is 28.2 Å². The van der Waals surface area contributed by atoms with Gasteiger partial charge < -0.3 is 20.1 Å². The molecular weight excluding hydrogens is 476 g/mol. The van der Waals surface area contributed by atoms with Crippen LogP contribution in [0.25, 0.3) is 6.08 Å². The Bertz CT molecular complexity index is 1200. The third-order valence-corrected chi connectivity index (χ3v) is 6.43. The van der Waals surface area contributed by atoms with Crippen molar-refractivity contribution in [3.05, 3.63) is 88.5 Å². The zero-order chi connectivity index (χ0) is 28.1. The van der Waals surface area contributed by atoms with Gasteiger partial charge in [-0.2, -0.15) is 0 Å². The fourth-order valence-electron chi connectivity index (χ4n) is 4.11. The predicted octanol–water partition coefficient (Wildman–Crippen LogP) is 8.52. The molecule has 0 aliphatic rings. The number of phenolic OH excluding ortho intramolecular Hbond substituents is 3. The molecule has 0 spiro atoms. The minimum absolute atomic E-state index is 0.0686. The van der Waals surface area contributed by atoms with Gasteiger partial charge in [-0.15, -0.1) is 0 Å². The number of ketones is 1. The topological polar surface area (TPSA) is 87.0 Å². The Morgan fingerprint density at radius 3 is 2.18 bits per heavy atom. The van der Waals surface area contributed by atoms with Gasteiger partial charge in [0.1, 0.15) is 11.5 Å². The number of allylic oxidation sites excluding steroid dienone is 7. The molecule has 5 heteroatoms. The minimum atomic E-state index is -0.378. The van der Waals surface area contributed by atoms with Crippen molar-refractivity contribution in [3.8, 4) is 23.0 Å². The second kappa shape index (κ2) is 15.5. The van der Waals surface area contributed by atoms with E-state index < -0.39 is 0 Å². The summed E-state index contributed by atoms with van der Waals surface area (Å²) in [6.07, 6.45) is 15.5. The highest BCUT2D eigenvalue weighted by atomic mass is 16.5. The van der Waals surface area contributed by atoms with Crippen LogP contribution in [0.1, 0.15) is 82.1 Å². The molecule has 2 aromatic rings. The third-order valence-electron chi connectivity index (χ3n) is 6.43. The number of phenols is 3. The maximum atomic E-state index is 13.4. The molecule has 0 aromatic heterocycles. The maximum Gasteiger partial charge on any atom is 0.170 e. The van der Waals surface area contributed by atoms with Gasteiger partial charge in [0.25, 0.3) is 0 Å². The SMILES string of the molecule is COc1cc(/C=C/CC(C/C=C(\C)CC/C=C(\C)CCC=C(C)C)C(=O)c2ccc(O)cc2O)ccc1O. The quantitative estimate of drug-likeness (QED) is 0.172. The van der Waals surface area contributed by atoms with Crippen molar-refractivity contribution >= 4 is 11.9 Å². The molecule has 0 aliphatic heterocycles. The number of aromatic hydroxyl groups is 3. The normalized spacial score (nSPS) is 13.0. The number of carbonyl (C=O) groups is 1. The Hall–Kier alpha value is -3.73. The van der Waals surface area contributed by atoms with Crippen LogP contribution >= 0.6 is 0 Å². The molecule has 0 amide bonds. The van der Waals surface area contributed by atoms with Crippen molar-refractivity contribution in [1.29, 1.82) is 0 Å². The molecule has 38 heavy (non-hydrogen) atoms. The van der Waals surface area contributed by atoms with Crippen LogP contribution < -0.4 is 4.74 Å². The number of ether oxygens (including phenoxy) is 1. The molecule has 5 nitrogen and oxygen atoms in total. The average molecular weight is 519 g/mol. The van der Waals surface area contributed by atoms with Gasteiger partial charge in [0.2, 0.25) is 0 Å². The van der Waals surface area contributed by atoms with Crippen LogP contribution in [0.4, 0.5) is 0 Å². The van der Waals surface area contributed by atoms with Gasteiger partial charge in [-0.3, -0.25) is 4.79 Å². The average Bonchev–Trinajstić information content (AvgIpc) is 2.86. The fraction of sp³-hybridized carbons (Fsp3) is 0.364. The summed E-state index contributed by atoms with van der Waals surface area (Å²) < 4.78 is 5.17. The van der Waals surface area contributed by atoms with Gasteiger partial charge >= 0.3 is 0 Å². The molecule has 0 aliphatic carbocycles. The molecular formula is C33H42O5. The van der Waals surface area contributed by atoms with Crippen molar-refractivity contribution in [3.63, 3.8) is 0 Å². The second-order valence-corrected chi connectivity index (χ2v) is 10.0. The molecule has 0 fully saturated rings. The molecule has 2 aromatic carbocycles. The number of methoxy groups -OCH3 is 1. The largest absolute Gasteiger partial charge is 0.508 e. The highest BCUT2D eigenvalue weighted by molar-refractivity contribution is 6.00. The summed E-state index contributed by atoms with van der Waals surface area (Å²) in [6, 6.07) is 9.14.